The van der Waals surface area contributed by atoms with E-state index in [1.807, 2.05) is 63.2 Å². The van der Waals surface area contributed by atoms with Gasteiger partial charge in [-0.15, -0.1) is 10.2 Å². The number of nitrogens with zero attached hydrogens (tertiary/aromatic N) is 4. The van der Waals surface area contributed by atoms with Crippen LogP contribution >= 0.6 is 0 Å². The van der Waals surface area contributed by atoms with E-state index in [-0.39, 0.29) is 36.0 Å². The maximum absolute atomic E-state index is 13.8. The summed E-state index contributed by atoms with van der Waals surface area (Å²) < 4.78 is 10.8. The minimum absolute atomic E-state index is 0.123. The average Bonchev–Trinajstić information content (AvgIpc) is 3.76. The highest BCUT2D eigenvalue weighted by molar-refractivity contribution is 5.98. The predicted octanol–water partition coefficient (Wildman–Crippen LogP) is 4.59. The van der Waals surface area contributed by atoms with Crippen LogP contribution in [0.4, 0.5) is 10.5 Å². The van der Waals surface area contributed by atoms with Gasteiger partial charge in [0.1, 0.15) is 11.6 Å². The summed E-state index contributed by atoms with van der Waals surface area (Å²) in [4.78, 5) is 54.9. The second-order valence-electron chi connectivity index (χ2n) is 15.7. The van der Waals surface area contributed by atoms with Crippen molar-refractivity contribution in [2.75, 3.05) is 51.3 Å². The molecule has 15 nitrogen and oxygen atoms in total. The van der Waals surface area contributed by atoms with E-state index in [4.69, 9.17) is 9.47 Å². The highest BCUT2D eigenvalue weighted by atomic mass is 16.6. The molecule has 0 radical (unpaired) electrons. The number of aromatic nitrogens is 4. The van der Waals surface area contributed by atoms with Crippen LogP contribution in [-0.2, 0) is 25.5 Å². The van der Waals surface area contributed by atoms with Crippen molar-refractivity contribution in [2.45, 2.75) is 64.5 Å². The van der Waals surface area contributed by atoms with Crippen molar-refractivity contribution in [1.29, 1.82) is 0 Å². The molecule has 1 saturated heterocycles. The highest BCUT2D eigenvalue weighted by Gasteiger charge is 2.30. The number of benzene rings is 3. The Hall–Kier alpha value is -5.67. The Labute approximate surface area is 333 Å². The zero-order valence-electron chi connectivity index (χ0n) is 32.9. The lowest BCUT2D eigenvalue weighted by Crippen LogP contribution is -2.48. The SMILES string of the molecule is CC(C)(C)OC(=O)NCC1CCC(C(=O)NC(Cc2ccc(-c3cccc(C(=O)NCCN4CCOCC4)c3)cc2)C(=O)Nc2ccc(-c3nn[nH]n3)cc2)CC1. The summed E-state index contributed by atoms with van der Waals surface area (Å²) in [5.41, 5.74) is 3.98. The Kier molecular flexibility index (Phi) is 14.0. The number of H-pyrrole nitrogens is 1. The molecule has 0 bridgehead atoms. The van der Waals surface area contributed by atoms with Gasteiger partial charge in [-0.3, -0.25) is 19.3 Å². The minimum Gasteiger partial charge on any atom is -0.444 e. The van der Waals surface area contributed by atoms with Gasteiger partial charge in [0.15, 0.2) is 0 Å². The second kappa shape index (κ2) is 19.5. The van der Waals surface area contributed by atoms with E-state index < -0.39 is 17.7 Å². The van der Waals surface area contributed by atoms with Crippen LogP contribution < -0.4 is 21.3 Å². The molecule has 2 aliphatic rings. The molecule has 2 heterocycles. The van der Waals surface area contributed by atoms with E-state index in [2.05, 4.69) is 46.8 Å². The normalized spacial score (nSPS) is 17.9. The van der Waals surface area contributed by atoms with E-state index in [0.717, 1.165) is 67.9 Å². The molecule has 2 fully saturated rings. The van der Waals surface area contributed by atoms with Crippen molar-refractivity contribution >= 4 is 29.5 Å². The van der Waals surface area contributed by atoms with Crippen LogP contribution in [0.3, 0.4) is 0 Å². The van der Waals surface area contributed by atoms with Gasteiger partial charge in [-0.1, -0.05) is 36.4 Å². The summed E-state index contributed by atoms with van der Waals surface area (Å²) in [6.07, 6.45) is 2.67. The Balaban J connectivity index is 1.08. The number of carbonyl (C=O) groups excluding carboxylic acids is 4. The first-order chi connectivity index (χ1) is 27.5. The number of ether oxygens (including phenoxy) is 2. The number of rotatable bonds is 14. The molecule has 4 aromatic rings. The predicted molar refractivity (Wildman–Crippen MR) is 215 cm³/mol. The monoisotopic (exact) mass is 779 g/mol. The van der Waals surface area contributed by atoms with Crippen LogP contribution in [0.5, 0.6) is 0 Å². The first-order valence-electron chi connectivity index (χ1n) is 19.7. The fraction of sp³-hybridized carbons (Fsp3) is 0.452. The molecule has 0 spiro atoms. The molecular formula is C42H53N9O6. The first kappa shape index (κ1) is 41.0. The largest absolute Gasteiger partial charge is 0.444 e. The molecule has 1 atom stereocenters. The van der Waals surface area contributed by atoms with Crippen LogP contribution in [0, 0.1) is 11.8 Å². The van der Waals surface area contributed by atoms with Gasteiger partial charge in [-0.2, -0.15) is 5.21 Å². The van der Waals surface area contributed by atoms with Crippen molar-refractivity contribution < 1.29 is 28.7 Å². The molecule has 57 heavy (non-hydrogen) atoms. The zero-order chi connectivity index (χ0) is 40.2. The van der Waals surface area contributed by atoms with Gasteiger partial charge < -0.3 is 30.7 Å². The van der Waals surface area contributed by atoms with Crippen LogP contribution in [0.1, 0.15) is 62.4 Å². The van der Waals surface area contributed by atoms with E-state index in [1.54, 1.807) is 30.3 Å². The third-order valence-electron chi connectivity index (χ3n) is 10.2. The van der Waals surface area contributed by atoms with Crippen LogP contribution in [0.2, 0.25) is 0 Å². The maximum atomic E-state index is 13.8. The van der Waals surface area contributed by atoms with Crippen molar-refractivity contribution in [1.82, 2.24) is 41.5 Å². The summed E-state index contributed by atoms with van der Waals surface area (Å²) in [5.74, 6) is -0.211. The summed E-state index contributed by atoms with van der Waals surface area (Å²) in [6, 6.07) is 21.6. The molecule has 3 aromatic carbocycles. The molecule has 6 rings (SSSR count). The van der Waals surface area contributed by atoms with Gasteiger partial charge >= 0.3 is 6.09 Å². The lowest BCUT2D eigenvalue weighted by Gasteiger charge is -2.29. The molecule has 1 saturated carbocycles. The molecule has 4 amide bonds. The number of morpholine rings is 1. The summed E-state index contributed by atoms with van der Waals surface area (Å²) in [7, 11) is 0. The number of aromatic amines is 1. The Morgan fingerprint density at radius 1 is 0.895 bits per heavy atom. The Morgan fingerprint density at radius 2 is 1.61 bits per heavy atom. The molecule has 1 aliphatic carbocycles. The number of alkyl carbamates (subject to hydrolysis) is 1. The third-order valence-corrected chi connectivity index (χ3v) is 10.2. The quantitative estimate of drug-likeness (QED) is 0.121. The minimum atomic E-state index is -0.851. The fourth-order valence-electron chi connectivity index (χ4n) is 7.05. The highest BCUT2D eigenvalue weighted by Crippen LogP contribution is 2.29. The van der Waals surface area contributed by atoms with Gasteiger partial charge in [0, 0.05) is 61.9 Å². The molecular weight excluding hydrogens is 727 g/mol. The van der Waals surface area contributed by atoms with E-state index >= 15 is 0 Å². The summed E-state index contributed by atoms with van der Waals surface area (Å²) >= 11 is 0. The smallest absolute Gasteiger partial charge is 0.407 e. The number of anilines is 1. The molecule has 5 N–H and O–H groups in total. The third kappa shape index (κ3) is 12.4. The Bertz CT molecular complexity index is 1930. The van der Waals surface area contributed by atoms with Gasteiger partial charge in [0.2, 0.25) is 17.6 Å². The van der Waals surface area contributed by atoms with Crippen LogP contribution in [-0.4, -0.2) is 107 Å². The summed E-state index contributed by atoms with van der Waals surface area (Å²) in [5, 5.41) is 25.9. The standard InChI is InChI=1S/C42H53N9O6/c1-42(2,3)57-41(55)44-27-29-9-13-32(14-10-29)39(53)46-36(40(54)45-35-17-15-31(16-18-35)37-47-49-50-48-37)25-28-7-11-30(12-8-28)33-5-4-6-34(26-33)38(52)43-19-20-51-21-23-56-24-22-51/h4-8,11-12,15-18,26,29,32,36H,9-10,13-14,19-25,27H2,1-3H3,(H,43,52)(H,44,55)(H,45,54)(H,46,53)(H,47,48,49,50). The molecule has 1 aliphatic heterocycles. The lowest BCUT2D eigenvalue weighted by atomic mass is 9.81. The topological polar surface area (TPSA) is 193 Å². The summed E-state index contributed by atoms with van der Waals surface area (Å²) in [6.45, 7) is 10.5. The lowest BCUT2D eigenvalue weighted by molar-refractivity contribution is -0.130. The second-order valence-corrected chi connectivity index (χ2v) is 15.7. The maximum Gasteiger partial charge on any atom is 0.407 e. The first-order valence-corrected chi connectivity index (χ1v) is 19.7. The number of hydrogen-bond acceptors (Lipinski definition) is 10. The van der Waals surface area contributed by atoms with Crippen LogP contribution in [0.25, 0.3) is 22.5 Å². The van der Waals surface area contributed by atoms with Crippen LogP contribution in [0.15, 0.2) is 72.8 Å². The van der Waals surface area contributed by atoms with E-state index in [9.17, 15) is 19.2 Å². The van der Waals surface area contributed by atoms with E-state index in [1.165, 1.54) is 0 Å². The number of nitrogens with one attached hydrogen (secondary N) is 5. The molecule has 15 heteroatoms. The molecule has 1 unspecified atom stereocenters. The van der Waals surface area contributed by atoms with Gasteiger partial charge in [-0.05, 0) is 111 Å². The number of tetrazole rings is 1. The van der Waals surface area contributed by atoms with Crippen molar-refractivity contribution in [2.24, 2.45) is 11.8 Å². The van der Waals surface area contributed by atoms with E-state index in [0.29, 0.717) is 43.0 Å². The number of carbonyl (C=O) groups is 4. The number of amides is 4. The van der Waals surface area contributed by atoms with Gasteiger partial charge in [0.05, 0.1) is 13.2 Å². The number of hydrogen-bond donors (Lipinski definition) is 5. The van der Waals surface area contributed by atoms with Gasteiger partial charge in [-0.25, -0.2) is 4.79 Å². The van der Waals surface area contributed by atoms with Crippen molar-refractivity contribution in [3.63, 3.8) is 0 Å². The zero-order valence-corrected chi connectivity index (χ0v) is 32.9. The fourth-order valence-corrected chi connectivity index (χ4v) is 7.05. The van der Waals surface area contributed by atoms with Gasteiger partial charge in [0.25, 0.3) is 5.91 Å². The molecule has 302 valence electrons. The molecule has 1 aromatic heterocycles. The van der Waals surface area contributed by atoms with Crippen molar-refractivity contribution in [3.8, 4) is 22.5 Å². The average molecular weight is 780 g/mol. The van der Waals surface area contributed by atoms with Crippen molar-refractivity contribution in [3.05, 3.63) is 83.9 Å². The Morgan fingerprint density at radius 3 is 2.30 bits per heavy atom.